The first-order chi connectivity index (χ1) is 7.76. The molecule has 3 nitrogen and oxygen atoms in total. The molecule has 0 amide bonds. The van der Waals surface area contributed by atoms with Gasteiger partial charge in [0.2, 0.25) is 0 Å². The smallest absolute Gasteiger partial charge is 0.119 e. The van der Waals surface area contributed by atoms with Crippen LogP contribution in [-0.2, 0) is 0 Å². The molecular formula is C13H17NO2. The molecule has 86 valence electrons. The fourth-order valence-electron chi connectivity index (χ4n) is 2.91. The van der Waals surface area contributed by atoms with E-state index < -0.39 is 5.60 Å². The van der Waals surface area contributed by atoms with Gasteiger partial charge < -0.3 is 15.2 Å². The Morgan fingerprint density at radius 3 is 2.88 bits per heavy atom. The first kappa shape index (κ1) is 10.1. The minimum atomic E-state index is -0.528. The van der Waals surface area contributed by atoms with Crippen LogP contribution in [0.2, 0.25) is 0 Å². The molecule has 16 heavy (non-hydrogen) atoms. The summed E-state index contributed by atoms with van der Waals surface area (Å²) in [5.74, 6) is 1.27. The maximum Gasteiger partial charge on any atom is 0.119 e. The summed E-state index contributed by atoms with van der Waals surface area (Å²) in [5, 5.41) is 13.6. The summed E-state index contributed by atoms with van der Waals surface area (Å²) in [4.78, 5) is 0. The minimum Gasteiger partial charge on any atom is -0.490 e. The van der Waals surface area contributed by atoms with E-state index in [2.05, 4.69) is 5.32 Å². The first-order valence-electron chi connectivity index (χ1n) is 5.91. The molecule has 1 saturated heterocycles. The molecule has 2 fully saturated rings. The van der Waals surface area contributed by atoms with Crippen LogP contribution in [0.3, 0.4) is 0 Å². The normalized spacial score (nSPS) is 37.3. The molecule has 1 saturated carbocycles. The number of β-amino-alcohol motifs (C(OH)–C–C–N with tert-alkyl or cyclic N) is 1. The maximum absolute atomic E-state index is 10.3. The number of ether oxygens (including phenoxy) is 1. The lowest BCUT2D eigenvalue weighted by Gasteiger charge is -2.20. The van der Waals surface area contributed by atoms with Crippen LogP contribution in [0, 0.1) is 5.92 Å². The van der Waals surface area contributed by atoms with E-state index in [0.29, 0.717) is 12.5 Å². The van der Waals surface area contributed by atoms with Gasteiger partial charge in [-0.15, -0.1) is 0 Å². The van der Waals surface area contributed by atoms with Gasteiger partial charge in [-0.05, 0) is 18.6 Å². The lowest BCUT2D eigenvalue weighted by molar-refractivity contribution is 0.0303. The topological polar surface area (TPSA) is 41.5 Å². The zero-order valence-corrected chi connectivity index (χ0v) is 9.23. The molecular weight excluding hydrogens is 202 g/mol. The van der Waals surface area contributed by atoms with Crippen molar-refractivity contribution in [1.82, 2.24) is 5.32 Å². The van der Waals surface area contributed by atoms with Gasteiger partial charge in [0.1, 0.15) is 11.9 Å². The SMILES string of the molecule is O[C@]12CNC[C@H]1C[C@H](Oc1ccccc1)C2. The maximum atomic E-state index is 10.3. The highest BCUT2D eigenvalue weighted by Gasteiger charge is 2.49. The minimum absolute atomic E-state index is 0.166. The summed E-state index contributed by atoms with van der Waals surface area (Å²) in [6.07, 6.45) is 1.87. The molecule has 1 aliphatic heterocycles. The van der Waals surface area contributed by atoms with Gasteiger partial charge in [-0.1, -0.05) is 18.2 Å². The van der Waals surface area contributed by atoms with Gasteiger partial charge in [-0.2, -0.15) is 0 Å². The van der Waals surface area contributed by atoms with Crippen LogP contribution < -0.4 is 10.1 Å². The summed E-state index contributed by atoms with van der Waals surface area (Å²) >= 11 is 0. The van der Waals surface area contributed by atoms with Gasteiger partial charge >= 0.3 is 0 Å². The largest absolute Gasteiger partial charge is 0.490 e. The van der Waals surface area contributed by atoms with Crippen LogP contribution in [0.4, 0.5) is 0 Å². The molecule has 1 aliphatic carbocycles. The van der Waals surface area contributed by atoms with Gasteiger partial charge in [-0.3, -0.25) is 0 Å². The van der Waals surface area contributed by atoms with Crippen molar-refractivity contribution >= 4 is 0 Å². The molecule has 0 aromatic heterocycles. The van der Waals surface area contributed by atoms with Gasteiger partial charge in [0.05, 0.1) is 5.60 Å². The summed E-state index contributed by atoms with van der Waals surface area (Å²) in [7, 11) is 0. The van der Waals surface area contributed by atoms with E-state index in [1.54, 1.807) is 0 Å². The molecule has 1 aromatic rings. The molecule has 1 aromatic carbocycles. The van der Waals surface area contributed by atoms with Crippen molar-refractivity contribution < 1.29 is 9.84 Å². The van der Waals surface area contributed by atoms with E-state index >= 15 is 0 Å². The molecule has 0 bridgehead atoms. The van der Waals surface area contributed by atoms with E-state index in [-0.39, 0.29) is 6.10 Å². The van der Waals surface area contributed by atoms with Crippen molar-refractivity contribution in [2.45, 2.75) is 24.5 Å². The summed E-state index contributed by atoms with van der Waals surface area (Å²) in [5.41, 5.74) is -0.528. The second-order valence-electron chi connectivity index (χ2n) is 4.92. The van der Waals surface area contributed by atoms with E-state index in [1.807, 2.05) is 30.3 Å². The number of fused-ring (bicyclic) bond motifs is 1. The number of aliphatic hydroxyl groups is 1. The molecule has 3 rings (SSSR count). The number of nitrogens with one attached hydrogen (secondary N) is 1. The highest BCUT2D eigenvalue weighted by molar-refractivity contribution is 5.22. The predicted molar refractivity (Wildman–Crippen MR) is 61.4 cm³/mol. The lowest BCUT2D eigenvalue weighted by atomic mass is 9.95. The van der Waals surface area contributed by atoms with E-state index in [9.17, 15) is 5.11 Å². The monoisotopic (exact) mass is 219 g/mol. The van der Waals surface area contributed by atoms with Gasteiger partial charge in [0, 0.05) is 25.4 Å². The number of hydrogen-bond donors (Lipinski definition) is 2. The van der Waals surface area contributed by atoms with Crippen LogP contribution in [0.15, 0.2) is 30.3 Å². The molecule has 1 heterocycles. The van der Waals surface area contributed by atoms with E-state index in [0.717, 1.165) is 25.1 Å². The van der Waals surface area contributed by atoms with Crippen molar-refractivity contribution in [2.24, 2.45) is 5.92 Å². The Hall–Kier alpha value is -1.06. The van der Waals surface area contributed by atoms with E-state index in [4.69, 9.17) is 4.74 Å². The fourth-order valence-corrected chi connectivity index (χ4v) is 2.91. The van der Waals surface area contributed by atoms with Crippen molar-refractivity contribution in [3.05, 3.63) is 30.3 Å². The van der Waals surface area contributed by atoms with Crippen molar-refractivity contribution in [3.8, 4) is 5.75 Å². The second-order valence-corrected chi connectivity index (χ2v) is 4.92. The van der Waals surface area contributed by atoms with Gasteiger partial charge in [0.15, 0.2) is 0 Å². The summed E-state index contributed by atoms with van der Waals surface area (Å²) in [6, 6.07) is 9.86. The fraction of sp³-hybridized carbons (Fsp3) is 0.538. The molecule has 0 radical (unpaired) electrons. The molecule has 3 atom stereocenters. The van der Waals surface area contributed by atoms with Crippen LogP contribution in [-0.4, -0.2) is 29.9 Å². The highest BCUT2D eigenvalue weighted by Crippen LogP contribution is 2.39. The predicted octanol–water partition coefficient (Wildman–Crippen LogP) is 1.18. The van der Waals surface area contributed by atoms with Crippen molar-refractivity contribution in [3.63, 3.8) is 0 Å². The first-order valence-corrected chi connectivity index (χ1v) is 5.91. The molecule has 0 unspecified atom stereocenters. The second kappa shape index (κ2) is 3.75. The molecule has 2 N–H and O–H groups in total. The zero-order valence-electron chi connectivity index (χ0n) is 9.23. The third-order valence-electron chi connectivity index (χ3n) is 3.76. The Labute approximate surface area is 95.4 Å². The quantitative estimate of drug-likeness (QED) is 0.784. The molecule has 3 heteroatoms. The van der Waals surface area contributed by atoms with Crippen LogP contribution in [0.1, 0.15) is 12.8 Å². The third-order valence-corrected chi connectivity index (χ3v) is 3.76. The van der Waals surface area contributed by atoms with Gasteiger partial charge in [-0.25, -0.2) is 0 Å². The number of hydrogen-bond acceptors (Lipinski definition) is 3. The zero-order chi connectivity index (χ0) is 11.0. The van der Waals surface area contributed by atoms with E-state index in [1.165, 1.54) is 0 Å². The molecule has 2 aliphatic rings. The standard InChI is InChI=1S/C13H17NO2/c15-13-7-12(6-10(13)8-14-9-13)16-11-4-2-1-3-5-11/h1-5,10,12,14-15H,6-9H2/t10-,12+,13-/m1/s1. The average molecular weight is 219 g/mol. The number of benzene rings is 1. The van der Waals surface area contributed by atoms with Crippen LogP contribution in [0.25, 0.3) is 0 Å². The van der Waals surface area contributed by atoms with Crippen molar-refractivity contribution in [1.29, 1.82) is 0 Å². The number of para-hydroxylation sites is 1. The Kier molecular flexibility index (Phi) is 2.37. The highest BCUT2D eigenvalue weighted by atomic mass is 16.5. The van der Waals surface area contributed by atoms with Crippen molar-refractivity contribution in [2.75, 3.05) is 13.1 Å². The summed E-state index contributed by atoms with van der Waals surface area (Å²) < 4.78 is 5.89. The number of rotatable bonds is 2. The Morgan fingerprint density at radius 2 is 2.12 bits per heavy atom. The third kappa shape index (κ3) is 1.70. The van der Waals surface area contributed by atoms with Crippen LogP contribution >= 0.6 is 0 Å². The average Bonchev–Trinajstić information content (AvgIpc) is 2.74. The summed E-state index contributed by atoms with van der Waals surface area (Å²) in [6.45, 7) is 1.64. The van der Waals surface area contributed by atoms with Gasteiger partial charge in [0.25, 0.3) is 0 Å². The molecule has 0 spiro atoms. The lowest BCUT2D eigenvalue weighted by Crippen LogP contribution is -2.34. The Bertz CT molecular complexity index is 367. The Morgan fingerprint density at radius 1 is 1.31 bits per heavy atom. The Balaban J connectivity index is 1.67. The van der Waals surface area contributed by atoms with Crippen LogP contribution in [0.5, 0.6) is 5.75 Å².